The summed E-state index contributed by atoms with van der Waals surface area (Å²) >= 11 is 1.63. The molecular weight excluding hydrogens is 294 g/mol. The number of nitrogens with two attached hydrogens (primary N) is 1. The lowest BCUT2D eigenvalue weighted by molar-refractivity contribution is -0.474. The van der Waals surface area contributed by atoms with Crippen LogP contribution < -0.4 is 5.84 Å². The molecule has 4 nitrogen and oxygen atoms in total. The molecule has 3 aromatic rings. The molecule has 0 atom stereocenters. The summed E-state index contributed by atoms with van der Waals surface area (Å²) in [5, 5.41) is 11.4. The molecule has 22 heavy (non-hydrogen) atoms. The van der Waals surface area contributed by atoms with E-state index in [9.17, 15) is 10.2 Å². The first kappa shape index (κ1) is 14.0. The molecule has 0 aliphatic rings. The summed E-state index contributed by atoms with van der Waals surface area (Å²) in [6.45, 7) is 0. The van der Waals surface area contributed by atoms with Gasteiger partial charge in [-0.1, -0.05) is 30.3 Å². The van der Waals surface area contributed by atoms with E-state index in [0.717, 1.165) is 21.6 Å². The van der Waals surface area contributed by atoms with E-state index < -0.39 is 0 Å². The second-order valence-electron chi connectivity index (χ2n) is 4.73. The topological polar surface area (TPSA) is 69.9 Å². The fourth-order valence-electron chi connectivity index (χ4n) is 2.30. The molecule has 0 bridgehead atoms. The molecule has 0 aliphatic heterocycles. The van der Waals surface area contributed by atoms with Gasteiger partial charge in [-0.05, 0) is 34.2 Å². The Kier molecular flexibility index (Phi) is 3.69. The fourth-order valence-corrected chi connectivity index (χ4v) is 3.02. The number of hydrazine groups is 1. The van der Waals surface area contributed by atoms with Crippen LogP contribution in [0, 0.1) is 16.2 Å². The number of nitrogens with zero attached hydrogens (tertiary/aromatic N) is 2. The van der Waals surface area contributed by atoms with Crippen molar-refractivity contribution in [3.8, 4) is 27.6 Å². The monoisotopic (exact) mass is 306 g/mol. The van der Waals surface area contributed by atoms with E-state index in [1.165, 1.54) is 0 Å². The summed E-state index contributed by atoms with van der Waals surface area (Å²) in [5.41, 5.74) is 3.50. The van der Waals surface area contributed by atoms with Crippen LogP contribution in [-0.2, 0) is 0 Å². The minimum absolute atomic E-state index is 0.315. The third-order valence-corrected chi connectivity index (χ3v) is 4.28. The van der Waals surface area contributed by atoms with Gasteiger partial charge in [-0.3, -0.25) is 0 Å². The molecule has 2 aromatic carbocycles. The number of hydrogen-bond acceptors (Lipinski definition) is 3. The average Bonchev–Trinajstić information content (AvgIpc) is 3.09. The zero-order chi connectivity index (χ0) is 15.5. The van der Waals surface area contributed by atoms with Crippen LogP contribution in [0.1, 0.15) is 5.56 Å². The Morgan fingerprint density at radius 1 is 1.05 bits per heavy atom. The maximum Gasteiger partial charge on any atom is 0.292 e. The highest BCUT2D eigenvalue weighted by Crippen LogP contribution is 2.31. The number of benzene rings is 2. The second kappa shape index (κ2) is 5.80. The van der Waals surface area contributed by atoms with Gasteiger partial charge in [-0.25, -0.2) is 0 Å². The van der Waals surface area contributed by atoms with Crippen molar-refractivity contribution in [1.29, 1.82) is 5.26 Å². The Bertz CT molecular complexity index is 879. The molecule has 1 aromatic heterocycles. The summed E-state index contributed by atoms with van der Waals surface area (Å²) < 4.78 is 0. The summed E-state index contributed by atoms with van der Waals surface area (Å²) in [6.07, 6.45) is 0. The molecule has 5 heteroatoms. The van der Waals surface area contributed by atoms with Crippen molar-refractivity contribution in [1.82, 2.24) is 0 Å². The maximum absolute atomic E-state index is 11.2. The van der Waals surface area contributed by atoms with Gasteiger partial charge in [0, 0.05) is 17.0 Å². The molecule has 0 unspecified atom stereocenters. The normalized spacial score (nSPS) is 10.1. The summed E-state index contributed by atoms with van der Waals surface area (Å²) in [6, 6.07) is 18.9. The third-order valence-electron chi connectivity index (χ3n) is 3.36. The largest absolute Gasteiger partial charge is 0.292 e. The van der Waals surface area contributed by atoms with E-state index in [-0.39, 0.29) is 0 Å². The molecule has 0 spiro atoms. The Hall–Kier alpha value is -2.97. The SMILES string of the molecule is N#Cc1cc(-c2cccs2)ccc1-c1cccc([N+](N)=O)c1. The van der Waals surface area contributed by atoms with Crippen molar-refractivity contribution in [2.45, 2.75) is 0 Å². The van der Waals surface area contributed by atoms with Gasteiger partial charge in [-0.15, -0.1) is 11.3 Å². The first-order chi connectivity index (χ1) is 10.7. The molecule has 0 saturated heterocycles. The lowest BCUT2D eigenvalue weighted by Gasteiger charge is -2.06. The highest BCUT2D eigenvalue weighted by Gasteiger charge is 2.13. The molecule has 3 rings (SSSR count). The molecule has 0 fully saturated rings. The van der Waals surface area contributed by atoms with Gasteiger partial charge in [0.05, 0.1) is 16.5 Å². The highest BCUT2D eigenvalue weighted by molar-refractivity contribution is 7.13. The van der Waals surface area contributed by atoms with Gasteiger partial charge in [0.25, 0.3) is 5.69 Å². The van der Waals surface area contributed by atoms with Crippen molar-refractivity contribution in [3.63, 3.8) is 0 Å². The van der Waals surface area contributed by atoms with Gasteiger partial charge in [0.1, 0.15) is 0 Å². The van der Waals surface area contributed by atoms with E-state index in [1.807, 2.05) is 41.8 Å². The number of rotatable bonds is 3. The van der Waals surface area contributed by atoms with Crippen LogP contribution in [0.4, 0.5) is 5.69 Å². The van der Waals surface area contributed by atoms with E-state index in [0.29, 0.717) is 16.1 Å². The fraction of sp³-hybridized carbons (Fsp3) is 0. The van der Waals surface area contributed by atoms with Gasteiger partial charge in [0.2, 0.25) is 0 Å². The summed E-state index contributed by atoms with van der Waals surface area (Å²) in [5.74, 6) is 5.23. The van der Waals surface area contributed by atoms with Gasteiger partial charge in [-0.2, -0.15) is 11.1 Å². The van der Waals surface area contributed by atoms with E-state index >= 15 is 0 Å². The highest BCUT2D eigenvalue weighted by atomic mass is 32.1. The minimum Gasteiger partial charge on any atom is -0.192 e. The lowest BCUT2D eigenvalue weighted by atomic mass is 9.97. The predicted octanol–water partition coefficient (Wildman–Crippen LogP) is 4.24. The molecule has 1 heterocycles. The number of hydrogen-bond donors (Lipinski definition) is 1. The maximum atomic E-state index is 11.2. The second-order valence-corrected chi connectivity index (χ2v) is 5.67. The Morgan fingerprint density at radius 2 is 1.91 bits per heavy atom. The zero-order valence-corrected chi connectivity index (χ0v) is 12.4. The van der Waals surface area contributed by atoms with Gasteiger partial charge < -0.3 is 0 Å². The van der Waals surface area contributed by atoms with Crippen LogP contribution in [0.3, 0.4) is 0 Å². The van der Waals surface area contributed by atoms with Gasteiger partial charge in [0.15, 0.2) is 4.87 Å². The predicted molar refractivity (Wildman–Crippen MR) is 87.4 cm³/mol. The number of thiophene rings is 1. The molecule has 106 valence electrons. The standard InChI is InChI=1S/C17H12N3OS/c18-11-14-9-13(17-5-2-8-22-17)6-7-16(14)12-3-1-4-15(10-12)20(19)21/h1-10H,(H2,19,21)/q+1. The number of nitroso groups, excluding NO2 is 1. The van der Waals surface area contributed by atoms with Crippen molar-refractivity contribution < 1.29 is 4.87 Å². The first-order valence-electron chi connectivity index (χ1n) is 6.59. The molecule has 0 amide bonds. The summed E-state index contributed by atoms with van der Waals surface area (Å²) in [7, 11) is 0. The molecule has 0 saturated carbocycles. The molecule has 0 radical (unpaired) electrons. The summed E-state index contributed by atoms with van der Waals surface area (Å²) in [4.78, 5) is 12.7. The van der Waals surface area contributed by atoms with E-state index in [2.05, 4.69) is 6.07 Å². The Labute approximate surface area is 131 Å². The average molecular weight is 306 g/mol. The molecule has 2 N–H and O–H groups in total. The molecule has 0 aliphatic carbocycles. The van der Waals surface area contributed by atoms with Crippen molar-refractivity contribution in [2.24, 2.45) is 5.84 Å². The molecular formula is C17H12N3OS+. The van der Waals surface area contributed by atoms with E-state index in [4.69, 9.17) is 5.84 Å². The van der Waals surface area contributed by atoms with Crippen LogP contribution in [0.5, 0.6) is 0 Å². The van der Waals surface area contributed by atoms with Crippen LogP contribution in [-0.4, -0.2) is 4.87 Å². The van der Waals surface area contributed by atoms with Crippen LogP contribution in [0.25, 0.3) is 21.6 Å². The first-order valence-corrected chi connectivity index (χ1v) is 7.47. The smallest absolute Gasteiger partial charge is 0.192 e. The van der Waals surface area contributed by atoms with Crippen molar-refractivity contribution >= 4 is 17.0 Å². The van der Waals surface area contributed by atoms with Gasteiger partial charge >= 0.3 is 0 Å². The van der Waals surface area contributed by atoms with Crippen molar-refractivity contribution in [3.05, 3.63) is 70.4 Å². The Morgan fingerprint density at radius 3 is 2.59 bits per heavy atom. The zero-order valence-electron chi connectivity index (χ0n) is 11.6. The van der Waals surface area contributed by atoms with Crippen LogP contribution >= 0.6 is 11.3 Å². The Balaban J connectivity index is 2.10. The lowest BCUT2D eigenvalue weighted by Crippen LogP contribution is -2.08. The number of nitriles is 1. The van der Waals surface area contributed by atoms with Crippen LogP contribution in [0.2, 0.25) is 0 Å². The quantitative estimate of drug-likeness (QED) is 0.447. The van der Waals surface area contributed by atoms with Crippen molar-refractivity contribution in [2.75, 3.05) is 0 Å². The van der Waals surface area contributed by atoms with Crippen LogP contribution in [0.15, 0.2) is 60.0 Å². The third kappa shape index (κ3) is 2.60. The van der Waals surface area contributed by atoms with E-state index in [1.54, 1.807) is 29.5 Å². The minimum atomic E-state index is 0.315.